The molecule has 1 unspecified atom stereocenters. The number of amides is 2. The average molecular weight is 306 g/mol. The largest absolute Gasteiger partial charge is 0.377 e. The molecule has 0 radical (unpaired) electrons. The van der Waals surface area contributed by atoms with Gasteiger partial charge in [0.05, 0.1) is 24.2 Å². The van der Waals surface area contributed by atoms with Crippen LogP contribution in [0.3, 0.4) is 0 Å². The Morgan fingerprint density at radius 1 is 1.41 bits per heavy atom. The number of anilines is 1. The lowest BCUT2D eigenvalue weighted by molar-refractivity contribution is 0.0181. The molecule has 0 aliphatic carbocycles. The second-order valence-electron chi connectivity index (χ2n) is 6.64. The van der Waals surface area contributed by atoms with E-state index in [2.05, 4.69) is 36.1 Å². The molecule has 6 nitrogen and oxygen atoms in total. The van der Waals surface area contributed by atoms with Crippen molar-refractivity contribution in [3.05, 3.63) is 18.2 Å². The van der Waals surface area contributed by atoms with Gasteiger partial charge < -0.3 is 15.0 Å². The summed E-state index contributed by atoms with van der Waals surface area (Å²) in [7, 11) is 0. The predicted octanol–water partition coefficient (Wildman–Crippen LogP) is 2.81. The smallest absolute Gasteiger partial charge is 0.322 e. The van der Waals surface area contributed by atoms with Gasteiger partial charge in [0.1, 0.15) is 5.82 Å². The highest BCUT2D eigenvalue weighted by Gasteiger charge is 2.24. The van der Waals surface area contributed by atoms with Crippen LogP contribution in [0.5, 0.6) is 0 Å². The molecule has 1 N–H and O–H groups in total. The van der Waals surface area contributed by atoms with Crippen LogP contribution in [0.1, 0.15) is 46.4 Å². The lowest BCUT2D eigenvalue weighted by atomic mass is 9.96. The highest BCUT2D eigenvalue weighted by Crippen LogP contribution is 2.19. The summed E-state index contributed by atoms with van der Waals surface area (Å²) in [5.74, 6) is 0.764. The number of aromatic nitrogens is 2. The minimum absolute atomic E-state index is 0.0971. The van der Waals surface area contributed by atoms with E-state index in [1.165, 1.54) is 0 Å². The molecule has 2 amide bonds. The molecule has 122 valence electrons. The number of ether oxygens (including phenoxy) is 1. The average Bonchev–Trinajstić information content (AvgIpc) is 2.47. The van der Waals surface area contributed by atoms with Gasteiger partial charge in [-0.1, -0.05) is 20.8 Å². The molecule has 0 saturated carbocycles. The molecule has 22 heavy (non-hydrogen) atoms. The van der Waals surface area contributed by atoms with Crippen LogP contribution in [0.2, 0.25) is 0 Å². The van der Waals surface area contributed by atoms with Crippen LogP contribution in [-0.4, -0.2) is 46.7 Å². The molecule has 0 spiro atoms. The fourth-order valence-corrected chi connectivity index (χ4v) is 2.48. The van der Waals surface area contributed by atoms with Gasteiger partial charge in [0.2, 0.25) is 0 Å². The maximum Gasteiger partial charge on any atom is 0.322 e. The Balaban J connectivity index is 1.94. The molecule has 6 heteroatoms. The van der Waals surface area contributed by atoms with Crippen LogP contribution in [-0.2, 0) is 10.2 Å². The summed E-state index contributed by atoms with van der Waals surface area (Å²) in [6.45, 7) is 10.2. The molecule has 1 aromatic rings. The number of carbonyl (C=O) groups is 1. The standard InChI is InChI=1S/C16H26N4O2/c1-5-22-13-7-6-8-20(11-13)15(21)19-12-9-17-14(18-10-12)16(2,3)4/h9-10,13H,5-8,11H2,1-4H3,(H,19,21). The van der Waals surface area contributed by atoms with Crippen LogP contribution in [0, 0.1) is 0 Å². The number of likely N-dealkylation sites (tertiary alicyclic amines) is 1. The minimum atomic E-state index is -0.114. The van der Waals surface area contributed by atoms with Crippen molar-refractivity contribution in [2.75, 3.05) is 25.0 Å². The van der Waals surface area contributed by atoms with Gasteiger partial charge in [0, 0.05) is 25.1 Å². The Labute approximate surface area is 132 Å². The number of nitrogens with zero attached hydrogens (tertiary/aromatic N) is 3. The first kappa shape index (κ1) is 16.7. The van der Waals surface area contributed by atoms with E-state index in [0.29, 0.717) is 18.8 Å². The molecule has 2 heterocycles. The monoisotopic (exact) mass is 306 g/mol. The third kappa shape index (κ3) is 4.40. The van der Waals surface area contributed by atoms with E-state index in [1.54, 1.807) is 17.3 Å². The van der Waals surface area contributed by atoms with Gasteiger partial charge >= 0.3 is 6.03 Å². The quantitative estimate of drug-likeness (QED) is 0.932. The van der Waals surface area contributed by atoms with E-state index in [1.807, 2.05) is 6.92 Å². The van der Waals surface area contributed by atoms with Crippen LogP contribution in [0.4, 0.5) is 10.5 Å². The molecular weight excluding hydrogens is 280 g/mol. The summed E-state index contributed by atoms with van der Waals surface area (Å²) in [6.07, 6.45) is 5.45. The Hall–Kier alpha value is -1.69. The third-order valence-corrected chi connectivity index (χ3v) is 3.64. The van der Waals surface area contributed by atoms with Crippen molar-refractivity contribution in [2.24, 2.45) is 0 Å². The molecule has 0 aromatic carbocycles. The van der Waals surface area contributed by atoms with E-state index < -0.39 is 0 Å². The summed E-state index contributed by atoms with van der Waals surface area (Å²) in [5.41, 5.74) is 0.525. The normalized spacial score (nSPS) is 19.1. The zero-order valence-corrected chi connectivity index (χ0v) is 13.9. The van der Waals surface area contributed by atoms with Gasteiger partial charge in [-0.3, -0.25) is 0 Å². The van der Waals surface area contributed by atoms with Crippen molar-refractivity contribution in [2.45, 2.75) is 52.1 Å². The first-order valence-electron chi connectivity index (χ1n) is 7.90. The molecular formula is C16H26N4O2. The molecule has 1 aromatic heterocycles. The number of rotatable bonds is 3. The van der Waals surface area contributed by atoms with E-state index >= 15 is 0 Å². The van der Waals surface area contributed by atoms with Crippen molar-refractivity contribution in [3.8, 4) is 0 Å². The van der Waals surface area contributed by atoms with Gasteiger partial charge in [-0.2, -0.15) is 0 Å². The van der Waals surface area contributed by atoms with Crippen molar-refractivity contribution < 1.29 is 9.53 Å². The maximum atomic E-state index is 12.3. The predicted molar refractivity (Wildman–Crippen MR) is 86.0 cm³/mol. The second-order valence-corrected chi connectivity index (χ2v) is 6.64. The molecule has 1 aliphatic heterocycles. The number of nitrogens with one attached hydrogen (secondary N) is 1. The lowest BCUT2D eigenvalue weighted by Gasteiger charge is -2.32. The first-order valence-corrected chi connectivity index (χ1v) is 7.90. The highest BCUT2D eigenvalue weighted by molar-refractivity contribution is 5.89. The summed E-state index contributed by atoms with van der Waals surface area (Å²) in [6, 6.07) is -0.114. The van der Waals surface area contributed by atoms with Crippen molar-refractivity contribution in [3.63, 3.8) is 0 Å². The van der Waals surface area contributed by atoms with Crippen molar-refractivity contribution in [1.29, 1.82) is 0 Å². The van der Waals surface area contributed by atoms with Gasteiger partial charge in [0.15, 0.2) is 0 Å². The Kier molecular flexibility index (Phi) is 5.34. The molecule has 1 fully saturated rings. The molecule has 1 atom stereocenters. The van der Waals surface area contributed by atoms with Crippen LogP contribution < -0.4 is 5.32 Å². The summed E-state index contributed by atoms with van der Waals surface area (Å²) in [5, 5.41) is 2.86. The Morgan fingerprint density at radius 3 is 2.68 bits per heavy atom. The Morgan fingerprint density at radius 2 is 2.09 bits per heavy atom. The fourth-order valence-electron chi connectivity index (χ4n) is 2.48. The second kappa shape index (κ2) is 7.05. The third-order valence-electron chi connectivity index (χ3n) is 3.64. The first-order chi connectivity index (χ1) is 10.4. The minimum Gasteiger partial charge on any atom is -0.377 e. The molecule has 2 rings (SSSR count). The fraction of sp³-hybridized carbons (Fsp3) is 0.688. The molecule has 0 bridgehead atoms. The van der Waals surface area contributed by atoms with E-state index in [-0.39, 0.29) is 17.6 Å². The zero-order chi connectivity index (χ0) is 16.2. The van der Waals surface area contributed by atoms with Gasteiger partial charge in [0.25, 0.3) is 0 Å². The van der Waals surface area contributed by atoms with Crippen LogP contribution >= 0.6 is 0 Å². The van der Waals surface area contributed by atoms with Crippen LogP contribution in [0.15, 0.2) is 12.4 Å². The van der Waals surface area contributed by atoms with Gasteiger partial charge in [-0.05, 0) is 19.8 Å². The summed E-state index contributed by atoms with van der Waals surface area (Å²) >= 11 is 0. The SMILES string of the molecule is CCOC1CCCN(C(=O)Nc2cnc(C(C)(C)C)nc2)C1. The Bertz CT molecular complexity index is 494. The topological polar surface area (TPSA) is 67.3 Å². The van der Waals surface area contributed by atoms with Crippen LogP contribution in [0.25, 0.3) is 0 Å². The van der Waals surface area contributed by atoms with Gasteiger partial charge in [-0.25, -0.2) is 14.8 Å². The van der Waals surface area contributed by atoms with E-state index in [4.69, 9.17) is 4.74 Å². The van der Waals surface area contributed by atoms with Gasteiger partial charge in [-0.15, -0.1) is 0 Å². The maximum absolute atomic E-state index is 12.3. The lowest BCUT2D eigenvalue weighted by Crippen LogP contribution is -2.45. The number of piperidine rings is 1. The zero-order valence-electron chi connectivity index (χ0n) is 13.9. The van der Waals surface area contributed by atoms with Crippen molar-refractivity contribution >= 4 is 11.7 Å². The number of hydrogen-bond donors (Lipinski definition) is 1. The molecule has 1 aliphatic rings. The number of urea groups is 1. The number of hydrogen-bond acceptors (Lipinski definition) is 4. The highest BCUT2D eigenvalue weighted by atomic mass is 16.5. The van der Waals surface area contributed by atoms with E-state index in [0.717, 1.165) is 25.2 Å². The summed E-state index contributed by atoms with van der Waals surface area (Å²) in [4.78, 5) is 22.7. The van der Waals surface area contributed by atoms with E-state index in [9.17, 15) is 4.79 Å². The summed E-state index contributed by atoms with van der Waals surface area (Å²) < 4.78 is 5.62. The molecule has 1 saturated heterocycles. The number of carbonyl (C=O) groups excluding carboxylic acids is 1. The van der Waals surface area contributed by atoms with Crippen molar-refractivity contribution in [1.82, 2.24) is 14.9 Å².